The first-order valence-electron chi connectivity index (χ1n) is 8.17. The Balaban J connectivity index is 1.44. The SMILES string of the molecule is Nc1nc(-c2cccs2)c(CCC(=O)NCCCc2cccnc2)s1. The highest BCUT2D eigenvalue weighted by molar-refractivity contribution is 7.17. The molecular formula is C18H20N4OS2. The maximum atomic E-state index is 12.1. The number of nitrogens with two attached hydrogens (primary N) is 1. The van der Waals surface area contributed by atoms with Gasteiger partial charge in [0.05, 0.1) is 10.6 Å². The number of rotatable bonds is 8. The van der Waals surface area contributed by atoms with Gasteiger partial charge in [-0.1, -0.05) is 12.1 Å². The maximum Gasteiger partial charge on any atom is 0.220 e. The number of aromatic nitrogens is 2. The van der Waals surface area contributed by atoms with Gasteiger partial charge in [0.2, 0.25) is 5.91 Å². The van der Waals surface area contributed by atoms with E-state index in [4.69, 9.17) is 5.73 Å². The van der Waals surface area contributed by atoms with Crippen molar-refractivity contribution < 1.29 is 4.79 Å². The molecule has 25 heavy (non-hydrogen) atoms. The van der Waals surface area contributed by atoms with E-state index in [1.165, 1.54) is 16.9 Å². The van der Waals surface area contributed by atoms with Crippen molar-refractivity contribution in [1.29, 1.82) is 0 Å². The summed E-state index contributed by atoms with van der Waals surface area (Å²) in [6.45, 7) is 0.677. The van der Waals surface area contributed by atoms with Crippen molar-refractivity contribution in [3.63, 3.8) is 0 Å². The van der Waals surface area contributed by atoms with Gasteiger partial charge in [-0.15, -0.1) is 22.7 Å². The molecule has 0 saturated carbocycles. The molecule has 0 spiro atoms. The van der Waals surface area contributed by atoms with Crippen molar-refractivity contribution in [2.24, 2.45) is 0 Å². The van der Waals surface area contributed by atoms with E-state index in [1.807, 2.05) is 29.8 Å². The second-order valence-electron chi connectivity index (χ2n) is 5.62. The van der Waals surface area contributed by atoms with Crippen LogP contribution in [0.4, 0.5) is 5.13 Å². The number of nitrogens with one attached hydrogen (secondary N) is 1. The molecule has 0 aliphatic carbocycles. The topological polar surface area (TPSA) is 80.9 Å². The molecule has 7 heteroatoms. The molecule has 5 nitrogen and oxygen atoms in total. The van der Waals surface area contributed by atoms with Gasteiger partial charge in [0.25, 0.3) is 0 Å². The average Bonchev–Trinajstić information content (AvgIpc) is 3.27. The fourth-order valence-corrected chi connectivity index (χ4v) is 4.18. The van der Waals surface area contributed by atoms with Crippen LogP contribution in [0.25, 0.3) is 10.6 Å². The highest BCUT2D eigenvalue weighted by atomic mass is 32.1. The Labute approximate surface area is 155 Å². The van der Waals surface area contributed by atoms with Crippen LogP contribution in [0.1, 0.15) is 23.3 Å². The molecule has 0 aliphatic heterocycles. The minimum atomic E-state index is 0.0651. The number of nitrogens with zero attached hydrogens (tertiary/aromatic N) is 2. The lowest BCUT2D eigenvalue weighted by molar-refractivity contribution is -0.121. The van der Waals surface area contributed by atoms with Crippen molar-refractivity contribution in [1.82, 2.24) is 15.3 Å². The monoisotopic (exact) mass is 372 g/mol. The molecule has 0 bridgehead atoms. The molecule has 0 fully saturated rings. The van der Waals surface area contributed by atoms with Crippen LogP contribution in [0.2, 0.25) is 0 Å². The van der Waals surface area contributed by atoms with Gasteiger partial charge in [-0.25, -0.2) is 4.98 Å². The Hall–Kier alpha value is -2.25. The summed E-state index contributed by atoms with van der Waals surface area (Å²) in [5, 5.41) is 5.55. The second kappa shape index (κ2) is 8.73. The predicted molar refractivity (Wildman–Crippen MR) is 104 cm³/mol. The Morgan fingerprint density at radius 2 is 2.16 bits per heavy atom. The van der Waals surface area contributed by atoms with Crippen LogP contribution in [0.15, 0.2) is 42.0 Å². The van der Waals surface area contributed by atoms with E-state index in [9.17, 15) is 4.79 Å². The van der Waals surface area contributed by atoms with Gasteiger partial charge in [-0.3, -0.25) is 9.78 Å². The van der Waals surface area contributed by atoms with Crippen molar-refractivity contribution in [3.8, 4) is 10.6 Å². The van der Waals surface area contributed by atoms with Crippen LogP contribution >= 0.6 is 22.7 Å². The summed E-state index contributed by atoms with van der Waals surface area (Å²) in [5.74, 6) is 0.0651. The number of nitrogen functional groups attached to an aromatic ring is 1. The van der Waals surface area contributed by atoms with Crippen LogP contribution in [-0.2, 0) is 17.6 Å². The summed E-state index contributed by atoms with van der Waals surface area (Å²) in [4.78, 5) is 22.7. The molecular weight excluding hydrogens is 352 g/mol. The number of aryl methyl sites for hydroxylation is 2. The van der Waals surface area contributed by atoms with E-state index in [0.29, 0.717) is 24.5 Å². The fraction of sp³-hybridized carbons (Fsp3) is 0.278. The first kappa shape index (κ1) is 17.6. The van der Waals surface area contributed by atoms with Crippen LogP contribution < -0.4 is 11.1 Å². The first-order chi connectivity index (χ1) is 12.2. The summed E-state index contributed by atoms with van der Waals surface area (Å²) in [7, 11) is 0. The summed E-state index contributed by atoms with van der Waals surface area (Å²) >= 11 is 3.10. The second-order valence-corrected chi connectivity index (χ2v) is 7.68. The smallest absolute Gasteiger partial charge is 0.220 e. The molecule has 0 atom stereocenters. The zero-order valence-electron chi connectivity index (χ0n) is 13.8. The summed E-state index contributed by atoms with van der Waals surface area (Å²) in [6, 6.07) is 8.00. The van der Waals surface area contributed by atoms with Gasteiger partial charge in [0.15, 0.2) is 5.13 Å². The molecule has 130 valence electrons. The molecule has 0 aliphatic rings. The number of anilines is 1. The van der Waals surface area contributed by atoms with E-state index in [-0.39, 0.29) is 5.91 Å². The molecule has 0 radical (unpaired) electrons. The zero-order valence-corrected chi connectivity index (χ0v) is 15.4. The Morgan fingerprint density at radius 3 is 2.92 bits per heavy atom. The number of thiophene rings is 1. The molecule has 3 heterocycles. The number of carbonyl (C=O) groups is 1. The van der Waals surface area contributed by atoms with Crippen LogP contribution in [0.3, 0.4) is 0 Å². The molecule has 1 amide bonds. The van der Waals surface area contributed by atoms with E-state index in [0.717, 1.165) is 28.3 Å². The predicted octanol–water partition coefficient (Wildman–Crippen LogP) is 3.53. The molecule has 0 saturated heterocycles. The lowest BCUT2D eigenvalue weighted by atomic mass is 10.1. The third-order valence-electron chi connectivity index (χ3n) is 3.73. The van der Waals surface area contributed by atoms with E-state index in [1.54, 1.807) is 17.5 Å². The van der Waals surface area contributed by atoms with E-state index < -0.39 is 0 Å². The van der Waals surface area contributed by atoms with Crippen LogP contribution in [-0.4, -0.2) is 22.4 Å². The number of carbonyl (C=O) groups excluding carboxylic acids is 1. The van der Waals surface area contributed by atoms with E-state index >= 15 is 0 Å². The van der Waals surface area contributed by atoms with Crippen molar-refractivity contribution in [3.05, 3.63) is 52.5 Å². The van der Waals surface area contributed by atoms with Gasteiger partial charge in [0.1, 0.15) is 0 Å². The molecule has 3 aromatic rings. The molecule has 0 unspecified atom stereocenters. The van der Waals surface area contributed by atoms with Gasteiger partial charge in [-0.05, 0) is 42.3 Å². The largest absolute Gasteiger partial charge is 0.375 e. The van der Waals surface area contributed by atoms with Gasteiger partial charge < -0.3 is 11.1 Å². The number of amides is 1. The highest BCUT2D eigenvalue weighted by Gasteiger charge is 2.14. The minimum Gasteiger partial charge on any atom is -0.375 e. The number of hydrogen-bond donors (Lipinski definition) is 2. The van der Waals surface area contributed by atoms with Gasteiger partial charge in [0, 0.05) is 30.2 Å². The first-order valence-corrected chi connectivity index (χ1v) is 9.86. The van der Waals surface area contributed by atoms with Crippen LogP contribution in [0, 0.1) is 0 Å². The zero-order chi connectivity index (χ0) is 17.5. The highest BCUT2D eigenvalue weighted by Crippen LogP contribution is 2.33. The summed E-state index contributed by atoms with van der Waals surface area (Å²) in [5.41, 5.74) is 7.96. The van der Waals surface area contributed by atoms with Gasteiger partial charge in [-0.2, -0.15) is 0 Å². The maximum absolute atomic E-state index is 12.1. The third-order valence-corrected chi connectivity index (χ3v) is 5.56. The standard InChI is InChI=1S/C18H20N4OS2/c19-18-22-17(14-6-3-11-24-14)15(25-18)7-8-16(23)21-10-2-5-13-4-1-9-20-12-13/h1,3-4,6,9,11-12H,2,5,7-8,10H2,(H2,19,22)(H,21,23). The van der Waals surface area contributed by atoms with Gasteiger partial charge >= 0.3 is 0 Å². The van der Waals surface area contributed by atoms with Crippen molar-refractivity contribution in [2.75, 3.05) is 12.3 Å². The quantitative estimate of drug-likeness (QED) is 0.593. The molecule has 3 rings (SSSR count). The average molecular weight is 373 g/mol. The number of thiazole rings is 1. The number of pyridine rings is 1. The summed E-state index contributed by atoms with van der Waals surface area (Å²) in [6.07, 6.45) is 6.57. The minimum absolute atomic E-state index is 0.0651. The third kappa shape index (κ3) is 5.11. The Morgan fingerprint density at radius 1 is 1.24 bits per heavy atom. The van der Waals surface area contributed by atoms with Crippen molar-refractivity contribution in [2.45, 2.75) is 25.7 Å². The van der Waals surface area contributed by atoms with Crippen molar-refractivity contribution >= 4 is 33.7 Å². The fourth-order valence-electron chi connectivity index (χ4n) is 2.53. The normalized spacial score (nSPS) is 10.7. The van der Waals surface area contributed by atoms with E-state index in [2.05, 4.69) is 21.4 Å². The Bertz CT molecular complexity index is 800. The lowest BCUT2D eigenvalue weighted by Gasteiger charge is -2.05. The summed E-state index contributed by atoms with van der Waals surface area (Å²) < 4.78 is 0. The van der Waals surface area contributed by atoms with Crippen LogP contribution in [0.5, 0.6) is 0 Å². The molecule has 3 N–H and O–H groups in total. The molecule has 3 aromatic heterocycles. The Kier molecular flexibility index (Phi) is 6.14. The number of hydrogen-bond acceptors (Lipinski definition) is 6. The lowest BCUT2D eigenvalue weighted by Crippen LogP contribution is -2.24. The molecule has 0 aromatic carbocycles.